The van der Waals surface area contributed by atoms with Gasteiger partial charge in [0, 0.05) is 17.0 Å². The lowest BCUT2D eigenvalue weighted by Crippen LogP contribution is -1.99. The predicted octanol–water partition coefficient (Wildman–Crippen LogP) is 5.48. The highest BCUT2D eigenvalue weighted by molar-refractivity contribution is 5.81. The Labute approximate surface area is 143 Å². The van der Waals surface area contributed by atoms with Gasteiger partial charge in [-0.25, -0.2) is 4.98 Å². The van der Waals surface area contributed by atoms with Gasteiger partial charge in [-0.05, 0) is 37.1 Å². The van der Waals surface area contributed by atoms with Gasteiger partial charge in [0.15, 0.2) is 0 Å². The van der Waals surface area contributed by atoms with Crippen LogP contribution in [-0.2, 0) is 0 Å². The van der Waals surface area contributed by atoms with Crippen molar-refractivity contribution in [1.29, 1.82) is 0 Å². The van der Waals surface area contributed by atoms with E-state index in [4.69, 9.17) is 14.5 Å². The summed E-state index contributed by atoms with van der Waals surface area (Å²) in [5, 5.41) is 1.14. The zero-order valence-corrected chi connectivity index (χ0v) is 14.3. The van der Waals surface area contributed by atoms with Gasteiger partial charge in [-0.3, -0.25) is 0 Å². The van der Waals surface area contributed by atoms with Crippen LogP contribution in [0.1, 0.15) is 26.7 Å². The van der Waals surface area contributed by atoms with Gasteiger partial charge in [0.05, 0.1) is 24.4 Å². The SMILES string of the molecule is CCCOc1cc(OCCC)cc(-c2ccc3ccccc3n2)c1. The summed E-state index contributed by atoms with van der Waals surface area (Å²) in [6.07, 6.45) is 1.95. The molecule has 0 N–H and O–H groups in total. The Kier molecular flexibility index (Phi) is 5.32. The molecule has 0 saturated carbocycles. The molecule has 3 heteroatoms. The van der Waals surface area contributed by atoms with E-state index in [1.165, 1.54) is 0 Å². The molecule has 1 aromatic heterocycles. The standard InChI is InChI=1S/C21H23NO2/c1-3-11-23-18-13-17(14-19(15-18)24-12-4-2)21-10-9-16-7-5-6-8-20(16)22-21/h5-10,13-15H,3-4,11-12H2,1-2H3. The first-order valence-corrected chi connectivity index (χ1v) is 8.57. The molecule has 24 heavy (non-hydrogen) atoms. The third-order valence-corrected chi connectivity index (χ3v) is 3.72. The zero-order valence-electron chi connectivity index (χ0n) is 14.3. The summed E-state index contributed by atoms with van der Waals surface area (Å²) in [6.45, 7) is 5.59. The number of benzene rings is 2. The van der Waals surface area contributed by atoms with Gasteiger partial charge in [0.1, 0.15) is 11.5 Å². The van der Waals surface area contributed by atoms with Crippen molar-refractivity contribution in [2.45, 2.75) is 26.7 Å². The Morgan fingerprint density at radius 2 is 1.46 bits per heavy atom. The third-order valence-electron chi connectivity index (χ3n) is 3.72. The van der Waals surface area contributed by atoms with Crippen molar-refractivity contribution < 1.29 is 9.47 Å². The largest absolute Gasteiger partial charge is 0.493 e. The second kappa shape index (κ2) is 7.82. The van der Waals surface area contributed by atoms with Crippen LogP contribution in [0, 0.1) is 0 Å². The molecule has 0 aliphatic carbocycles. The van der Waals surface area contributed by atoms with Gasteiger partial charge in [0.2, 0.25) is 0 Å². The lowest BCUT2D eigenvalue weighted by molar-refractivity contribution is 0.302. The summed E-state index contributed by atoms with van der Waals surface area (Å²) in [5.74, 6) is 1.66. The highest BCUT2D eigenvalue weighted by Gasteiger charge is 2.07. The van der Waals surface area contributed by atoms with E-state index in [0.717, 1.165) is 46.5 Å². The van der Waals surface area contributed by atoms with E-state index in [-0.39, 0.29) is 0 Å². The van der Waals surface area contributed by atoms with Crippen LogP contribution in [0.3, 0.4) is 0 Å². The molecule has 0 radical (unpaired) electrons. The van der Waals surface area contributed by atoms with E-state index < -0.39 is 0 Å². The molecule has 1 heterocycles. The average Bonchev–Trinajstić information content (AvgIpc) is 2.64. The van der Waals surface area contributed by atoms with E-state index in [9.17, 15) is 0 Å². The molecule has 0 bridgehead atoms. The van der Waals surface area contributed by atoms with Crippen LogP contribution in [-0.4, -0.2) is 18.2 Å². The second-order valence-electron chi connectivity index (χ2n) is 5.78. The predicted molar refractivity (Wildman–Crippen MR) is 98.8 cm³/mol. The Bertz CT molecular complexity index is 788. The molecule has 3 aromatic rings. The maximum Gasteiger partial charge on any atom is 0.123 e. The molecular weight excluding hydrogens is 298 g/mol. The topological polar surface area (TPSA) is 31.4 Å². The smallest absolute Gasteiger partial charge is 0.123 e. The summed E-state index contributed by atoms with van der Waals surface area (Å²) in [5.41, 5.74) is 2.93. The summed E-state index contributed by atoms with van der Waals surface area (Å²) in [7, 11) is 0. The van der Waals surface area contributed by atoms with Crippen LogP contribution in [0.2, 0.25) is 0 Å². The minimum absolute atomic E-state index is 0.696. The van der Waals surface area contributed by atoms with Crippen molar-refractivity contribution in [3.8, 4) is 22.8 Å². The number of aromatic nitrogens is 1. The maximum atomic E-state index is 5.82. The van der Waals surface area contributed by atoms with Crippen molar-refractivity contribution in [1.82, 2.24) is 4.98 Å². The fourth-order valence-corrected chi connectivity index (χ4v) is 2.55. The summed E-state index contributed by atoms with van der Waals surface area (Å²) >= 11 is 0. The molecule has 0 fully saturated rings. The number of pyridine rings is 1. The van der Waals surface area contributed by atoms with Crippen molar-refractivity contribution in [3.05, 3.63) is 54.6 Å². The number of para-hydroxylation sites is 1. The number of ether oxygens (including phenoxy) is 2. The molecular formula is C21H23NO2. The maximum absolute atomic E-state index is 5.82. The lowest BCUT2D eigenvalue weighted by atomic mass is 10.1. The minimum atomic E-state index is 0.696. The third kappa shape index (κ3) is 3.85. The normalized spacial score (nSPS) is 10.8. The van der Waals surface area contributed by atoms with Gasteiger partial charge < -0.3 is 9.47 Å². The van der Waals surface area contributed by atoms with Gasteiger partial charge in [0.25, 0.3) is 0 Å². The van der Waals surface area contributed by atoms with Crippen LogP contribution in [0.25, 0.3) is 22.2 Å². The number of nitrogens with zero attached hydrogens (tertiary/aromatic N) is 1. The first-order valence-electron chi connectivity index (χ1n) is 8.57. The number of hydrogen-bond acceptors (Lipinski definition) is 3. The molecule has 2 aromatic carbocycles. The molecule has 0 amide bonds. The van der Waals surface area contributed by atoms with Crippen LogP contribution < -0.4 is 9.47 Å². The Balaban J connectivity index is 1.99. The van der Waals surface area contributed by atoms with Crippen molar-refractivity contribution in [2.24, 2.45) is 0 Å². The van der Waals surface area contributed by atoms with Crippen LogP contribution in [0.5, 0.6) is 11.5 Å². The Hall–Kier alpha value is -2.55. The fourth-order valence-electron chi connectivity index (χ4n) is 2.55. The number of hydrogen-bond donors (Lipinski definition) is 0. The fraction of sp³-hybridized carbons (Fsp3) is 0.286. The molecule has 0 unspecified atom stereocenters. The van der Waals surface area contributed by atoms with E-state index >= 15 is 0 Å². The Morgan fingerprint density at radius 3 is 2.12 bits per heavy atom. The zero-order chi connectivity index (χ0) is 16.8. The second-order valence-corrected chi connectivity index (χ2v) is 5.78. The molecule has 124 valence electrons. The van der Waals surface area contributed by atoms with Crippen molar-refractivity contribution in [2.75, 3.05) is 13.2 Å². The average molecular weight is 321 g/mol. The van der Waals surface area contributed by atoms with Crippen molar-refractivity contribution >= 4 is 10.9 Å². The first kappa shape index (κ1) is 16.3. The van der Waals surface area contributed by atoms with E-state index in [0.29, 0.717) is 13.2 Å². The molecule has 0 aliphatic heterocycles. The van der Waals surface area contributed by atoms with Gasteiger partial charge in [-0.2, -0.15) is 0 Å². The molecule has 0 saturated heterocycles. The van der Waals surface area contributed by atoms with Crippen molar-refractivity contribution in [3.63, 3.8) is 0 Å². The molecule has 0 atom stereocenters. The summed E-state index contributed by atoms with van der Waals surface area (Å²) in [4.78, 5) is 4.78. The van der Waals surface area contributed by atoms with Crippen LogP contribution in [0.4, 0.5) is 0 Å². The molecule has 3 nitrogen and oxygen atoms in total. The van der Waals surface area contributed by atoms with E-state index in [1.807, 2.05) is 42.5 Å². The highest BCUT2D eigenvalue weighted by atomic mass is 16.5. The quantitative estimate of drug-likeness (QED) is 0.577. The summed E-state index contributed by atoms with van der Waals surface area (Å²) in [6, 6.07) is 18.3. The Morgan fingerprint density at radius 1 is 0.792 bits per heavy atom. The monoisotopic (exact) mass is 321 g/mol. The minimum Gasteiger partial charge on any atom is -0.493 e. The van der Waals surface area contributed by atoms with E-state index in [1.54, 1.807) is 0 Å². The number of rotatable bonds is 7. The molecule has 0 aliphatic rings. The van der Waals surface area contributed by atoms with Gasteiger partial charge in [-0.1, -0.05) is 38.1 Å². The summed E-state index contributed by atoms with van der Waals surface area (Å²) < 4.78 is 11.6. The van der Waals surface area contributed by atoms with Crippen LogP contribution >= 0.6 is 0 Å². The lowest BCUT2D eigenvalue weighted by Gasteiger charge is -2.12. The molecule has 3 rings (SSSR count). The molecule has 0 spiro atoms. The van der Waals surface area contributed by atoms with Crippen LogP contribution in [0.15, 0.2) is 54.6 Å². The van der Waals surface area contributed by atoms with Gasteiger partial charge >= 0.3 is 0 Å². The number of fused-ring (bicyclic) bond motifs is 1. The highest BCUT2D eigenvalue weighted by Crippen LogP contribution is 2.30. The van der Waals surface area contributed by atoms with E-state index in [2.05, 4.69) is 26.0 Å². The first-order chi connectivity index (χ1) is 11.8. The van der Waals surface area contributed by atoms with Gasteiger partial charge in [-0.15, -0.1) is 0 Å².